The first-order chi connectivity index (χ1) is 12.2. The zero-order chi connectivity index (χ0) is 17.5. The largest absolute Gasteiger partial charge is 0.489 e. The first-order valence-corrected chi connectivity index (χ1v) is 8.34. The van der Waals surface area contributed by atoms with E-state index in [1.54, 1.807) is 30.3 Å². The van der Waals surface area contributed by atoms with Crippen LogP contribution < -0.4 is 4.74 Å². The second-order valence-corrected chi connectivity index (χ2v) is 5.93. The molecule has 0 N–H and O–H groups in total. The number of ether oxygens (including phenoxy) is 1. The molecule has 0 aliphatic carbocycles. The molecule has 0 heterocycles. The minimum Gasteiger partial charge on any atom is -0.489 e. The van der Waals surface area contributed by atoms with Gasteiger partial charge in [-0.1, -0.05) is 72.3 Å². The summed E-state index contributed by atoms with van der Waals surface area (Å²) in [6.07, 6.45) is 3.29. The van der Waals surface area contributed by atoms with Crippen molar-refractivity contribution in [1.82, 2.24) is 0 Å². The van der Waals surface area contributed by atoms with E-state index >= 15 is 0 Å². The summed E-state index contributed by atoms with van der Waals surface area (Å²) in [4.78, 5) is 12.2. The molecule has 3 aromatic rings. The number of carbonyl (C=O) groups excluding carboxylic acids is 1. The van der Waals surface area contributed by atoms with Crippen molar-refractivity contribution >= 4 is 23.5 Å². The number of benzene rings is 3. The molecule has 0 atom stereocenters. The van der Waals surface area contributed by atoms with Crippen LogP contribution in [0.3, 0.4) is 0 Å². The first-order valence-electron chi connectivity index (χ1n) is 7.96. The molecular formula is C22H17ClO2. The summed E-state index contributed by atoms with van der Waals surface area (Å²) in [6, 6.07) is 24.6. The maximum atomic E-state index is 12.2. The smallest absolute Gasteiger partial charge is 0.187 e. The van der Waals surface area contributed by atoms with Gasteiger partial charge in [-0.25, -0.2) is 0 Å². The summed E-state index contributed by atoms with van der Waals surface area (Å²) in [7, 11) is 0. The molecule has 124 valence electrons. The van der Waals surface area contributed by atoms with Crippen LogP contribution in [0.1, 0.15) is 21.5 Å². The fourth-order valence-corrected chi connectivity index (χ4v) is 2.60. The minimum atomic E-state index is -0.124. The number of hydrogen-bond acceptors (Lipinski definition) is 2. The standard InChI is InChI=1S/C22H17ClO2/c23-21-12-5-4-11-20(21)22(24)14-13-17-9-6-10-19(15-17)25-16-18-7-2-1-3-8-18/h1-15H,16H2. The summed E-state index contributed by atoms with van der Waals surface area (Å²) in [6.45, 7) is 0.507. The normalized spacial score (nSPS) is 10.8. The summed E-state index contributed by atoms with van der Waals surface area (Å²) in [5.74, 6) is 0.636. The molecule has 0 aliphatic heterocycles. The van der Waals surface area contributed by atoms with Gasteiger partial charge in [0, 0.05) is 5.56 Å². The van der Waals surface area contributed by atoms with Crippen molar-refractivity contribution in [3.63, 3.8) is 0 Å². The van der Waals surface area contributed by atoms with Gasteiger partial charge in [-0.2, -0.15) is 0 Å². The number of hydrogen-bond donors (Lipinski definition) is 0. The van der Waals surface area contributed by atoms with Crippen molar-refractivity contribution in [2.24, 2.45) is 0 Å². The second-order valence-electron chi connectivity index (χ2n) is 5.52. The predicted octanol–water partition coefficient (Wildman–Crippen LogP) is 5.82. The van der Waals surface area contributed by atoms with Gasteiger partial charge in [0.25, 0.3) is 0 Å². The van der Waals surface area contributed by atoms with Gasteiger partial charge in [-0.3, -0.25) is 4.79 Å². The van der Waals surface area contributed by atoms with Crippen LogP contribution in [0.5, 0.6) is 5.75 Å². The Hall–Kier alpha value is -2.84. The van der Waals surface area contributed by atoms with Crippen molar-refractivity contribution in [3.8, 4) is 5.75 Å². The average Bonchev–Trinajstić information content (AvgIpc) is 2.66. The topological polar surface area (TPSA) is 26.3 Å². The van der Waals surface area contributed by atoms with Gasteiger partial charge in [0.2, 0.25) is 0 Å². The first kappa shape index (κ1) is 17.0. The van der Waals surface area contributed by atoms with Crippen LogP contribution in [0, 0.1) is 0 Å². The summed E-state index contributed by atoms with van der Waals surface area (Å²) in [5, 5.41) is 0.456. The number of allylic oxidation sites excluding steroid dienone is 1. The molecule has 0 bridgehead atoms. The molecule has 0 fully saturated rings. The van der Waals surface area contributed by atoms with Crippen LogP contribution in [0.2, 0.25) is 5.02 Å². The Morgan fingerprint density at radius 3 is 2.48 bits per heavy atom. The van der Waals surface area contributed by atoms with Gasteiger partial charge in [0.05, 0.1) is 5.02 Å². The van der Waals surface area contributed by atoms with E-state index in [-0.39, 0.29) is 5.78 Å². The zero-order valence-electron chi connectivity index (χ0n) is 13.6. The molecule has 0 amide bonds. The maximum absolute atomic E-state index is 12.2. The van der Waals surface area contributed by atoms with Crippen molar-refractivity contribution in [3.05, 3.63) is 107 Å². The monoisotopic (exact) mass is 348 g/mol. The quantitative estimate of drug-likeness (QED) is 0.414. The molecule has 0 saturated carbocycles. The number of rotatable bonds is 6. The Kier molecular flexibility index (Phi) is 5.65. The average molecular weight is 349 g/mol. The number of ketones is 1. The van der Waals surface area contributed by atoms with E-state index in [4.69, 9.17) is 16.3 Å². The molecule has 2 nitrogen and oxygen atoms in total. The van der Waals surface area contributed by atoms with Crippen LogP contribution in [-0.2, 0) is 6.61 Å². The van der Waals surface area contributed by atoms with Gasteiger partial charge < -0.3 is 4.74 Å². The molecular weight excluding hydrogens is 332 g/mol. The second kappa shape index (κ2) is 8.32. The third kappa shape index (κ3) is 4.82. The van der Waals surface area contributed by atoms with Crippen molar-refractivity contribution in [2.45, 2.75) is 6.61 Å². The van der Waals surface area contributed by atoms with E-state index in [2.05, 4.69) is 0 Å². The lowest BCUT2D eigenvalue weighted by Gasteiger charge is -2.07. The lowest BCUT2D eigenvalue weighted by atomic mass is 10.1. The zero-order valence-corrected chi connectivity index (χ0v) is 14.3. The van der Waals surface area contributed by atoms with Crippen molar-refractivity contribution < 1.29 is 9.53 Å². The summed E-state index contributed by atoms with van der Waals surface area (Å²) >= 11 is 6.05. The summed E-state index contributed by atoms with van der Waals surface area (Å²) < 4.78 is 5.80. The Labute approximate surface area is 152 Å². The molecule has 3 heteroatoms. The van der Waals surface area contributed by atoms with E-state index in [1.165, 1.54) is 6.08 Å². The molecule has 0 saturated heterocycles. The lowest BCUT2D eigenvalue weighted by Crippen LogP contribution is -1.96. The molecule has 0 aliphatic rings. The van der Waals surface area contributed by atoms with E-state index in [0.717, 1.165) is 16.9 Å². The Morgan fingerprint density at radius 2 is 1.68 bits per heavy atom. The predicted molar refractivity (Wildman–Crippen MR) is 102 cm³/mol. The highest BCUT2D eigenvalue weighted by atomic mass is 35.5. The minimum absolute atomic E-state index is 0.124. The van der Waals surface area contributed by atoms with Gasteiger partial charge >= 0.3 is 0 Å². The van der Waals surface area contributed by atoms with Crippen LogP contribution in [0.25, 0.3) is 6.08 Å². The SMILES string of the molecule is O=C(C=Cc1cccc(OCc2ccccc2)c1)c1ccccc1Cl. The fourth-order valence-electron chi connectivity index (χ4n) is 2.37. The molecule has 0 radical (unpaired) electrons. The lowest BCUT2D eigenvalue weighted by molar-refractivity contribution is 0.104. The highest BCUT2D eigenvalue weighted by Gasteiger charge is 2.05. The summed E-state index contributed by atoms with van der Waals surface area (Å²) in [5.41, 5.74) is 2.50. The Balaban J connectivity index is 1.67. The molecule has 0 unspecified atom stereocenters. The van der Waals surface area contributed by atoms with Crippen LogP contribution >= 0.6 is 11.6 Å². The number of halogens is 1. The van der Waals surface area contributed by atoms with E-state index in [9.17, 15) is 4.79 Å². The van der Waals surface area contributed by atoms with E-state index in [1.807, 2.05) is 54.6 Å². The molecule has 0 spiro atoms. The third-order valence-electron chi connectivity index (χ3n) is 3.67. The highest BCUT2D eigenvalue weighted by molar-refractivity contribution is 6.34. The maximum Gasteiger partial charge on any atom is 0.187 e. The van der Waals surface area contributed by atoms with Gasteiger partial charge in [0.1, 0.15) is 12.4 Å². The molecule has 25 heavy (non-hydrogen) atoms. The van der Waals surface area contributed by atoms with Crippen LogP contribution in [0.15, 0.2) is 84.9 Å². The van der Waals surface area contributed by atoms with Gasteiger partial charge in [0.15, 0.2) is 5.78 Å². The van der Waals surface area contributed by atoms with Gasteiger partial charge in [-0.15, -0.1) is 0 Å². The molecule has 0 aromatic heterocycles. The van der Waals surface area contributed by atoms with Gasteiger partial charge in [-0.05, 0) is 41.5 Å². The van der Waals surface area contributed by atoms with Crippen LogP contribution in [-0.4, -0.2) is 5.78 Å². The van der Waals surface area contributed by atoms with Crippen molar-refractivity contribution in [2.75, 3.05) is 0 Å². The Bertz CT molecular complexity index is 885. The molecule has 3 rings (SSSR count). The van der Waals surface area contributed by atoms with Crippen molar-refractivity contribution in [1.29, 1.82) is 0 Å². The number of carbonyl (C=O) groups is 1. The molecule has 3 aromatic carbocycles. The fraction of sp³-hybridized carbons (Fsp3) is 0.0455. The van der Waals surface area contributed by atoms with E-state index in [0.29, 0.717) is 17.2 Å². The third-order valence-corrected chi connectivity index (χ3v) is 4.00. The highest BCUT2D eigenvalue weighted by Crippen LogP contribution is 2.18. The van der Waals surface area contributed by atoms with E-state index < -0.39 is 0 Å². The Morgan fingerprint density at radius 1 is 0.920 bits per heavy atom. The van der Waals surface area contributed by atoms with Crippen LogP contribution in [0.4, 0.5) is 0 Å².